The third-order valence-corrected chi connectivity index (χ3v) is 6.79. The van der Waals surface area contributed by atoms with Crippen molar-refractivity contribution in [2.45, 2.75) is 52.1 Å². The number of nitrogens with zero attached hydrogens (tertiary/aromatic N) is 3. The Hall–Kier alpha value is -2.57. The van der Waals surface area contributed by atoms with E-state index in [4.69, 9.17) is 33.0 Å². The summed E-state index contributed by atoms with van der Waals surface area (Å²) >= 11 is 13.6. The Balaban J connectivity index is 2.34. The molecule has 2 heterocycles. The number of thiazole rings is 1. The monoisotopic (exact) mass is 553 g/mol. The molecule has 8 nitrogen and oxygen atoms in total. The maximum absolute atomic E-state index is 16.2. The van der Waals surface area contributed by atoms with Crippen molar-refractivity contribution in [2.75, 3.05) is 0 Å². The molecule has 0 atom stereocenters. The van der Waals surface area contributed by atoms with Crippen LogP contribution >= 0.6 is 34.5 Å². The van der Waals surface area contributed by atoms with E-state index in [-0.39, 0.29) is 42.3 Å². The minimum Gasteiger partial charge on any atom is -0.481 e. The second kappa shape index (κ2) is 10.2. The predicted molar refractivity (Wildman–Crippen MR) is 124 cm³/mol. The zero-order valence-electron chi connectivity index (χ0n) is 18.9. The smallest absolute Gasteiger partial charge is 0.388 e. The quantitative estimate of drug-likeness (QED) is 0.248. The third kappa shape index (κ3) is 5.34. The lowest BCUT2D eigenvalue weighted by Crippen LogP contribution is -2.20. The molecule has 3 aromatic rings. The lowest BCUT2D eigenvalue weighted by Gasteiger charge is -2.27. The van der Waals surface area contributed by atoms with E-state index in [1.54, 1.807) is 13.8 Å². The van der Waals surface area contributed by atoms with Gasteiger partial charge in [0.1, 0.15) is 28.5 Å². The molecule has 35 heavy (non-hydrogen) atoms. The molecule has 0 saturated carbocycles. The first kappa shape index (κ1) is 27.0. The lowest BCUT2D eigenvalue weighted by atomic mass is 9.79. The number of carbonyl (C=O) groups is 2. The van der Waals surface area contributed by atoms with Crippen LogP contribution in [0.1, 0.15) is 45.6 Å². The number of carboxylic acids is 1. The Morgan fingerprint density at radius 1 is 1.26 bits per heavy atom. The van der Waals surface area contributed by atoms with Crippen LogP contribution in [0.4, 0.5) is 13.2 Å². The van der Waals surface area contributed by atoms with Crippen molar-refractivity contribution in [3.05, 3.63) is 21.4 Å². The van der Waals surface area contributed by atoms with Crippen LogP contribution in [0.25, 0.3) is 21.5 Å². The zero-order valence-corrected chi connectivity index (χ0v) is 21.2. The molecule has 0 aliphatic rings. The van der Waals surface area contributed by atoms with Crippen molar-refractivity contribution in [2.24, 2.45) is 7.05 Å². The molecule has 0 fully saturated rings. The van der Waals surface area contributed by atoms with Gasteiger partial charge in [-0.1, -0.05) is 61.7 Å². The summed E-state index contributed by atoms with van der Waals surface area (Å²) in [5.74, 6) is -3.77. The van der Waals surface area contributed by atoms with Crippen molar-refractivity contribution in [1.29, 1.82) is 0 Å². The van der Waals surface area contributed by atoms with Gasteiger partial charge >= 0.3 is 18.6 Å². The van der Waals surface area contributed by atoms with Gasteiger partial charge in [0.15, 0.2) is 0 Å². The van der Waals surface area contributed by atoms with E-state index in [2.05, 4.69) is 14.8 Å². The van der Waals surface area contributed by atoms with Gasteiger partial charge in [0, 0.05) is 12.6 Å². The Morgan fingerprint density at radius 3 is 2.49 bits per heavy atom. The molecule has 0 aliphatic heterocycles. The standard InChI is InChI=1S/C21H20Cl2F3N3O5S/c1-5-6-21(2,3)11-12(22)16-17(35-20(27-16)33-9(32)7-8(30)31)10(14(11)24)15-13(23)18(29(4)28-15)34-19(25)26/h19H,5-7H2,1-4H3,(H,30,31). The number of hydrogen-bond donors (Lipinski definition) is 1. The first-order valence-corrected chi connectivity index (χ1v) is 11.8. The van der Waals surface area contributed by atoms with Crippen LogP contribution < -0.4 is 9.47 Å². The summed E-state index contributed by atoms with van der Waals surface area (Å²) in [6.07, 6.45) is 0.316. The van der Waals surface area contributed by atoms with Gasteiger partial charge in [0.25, 0.3) is 5.19 Å². The summed E-state index contributed by atoms with van der Waals surface area (Å²) in [6.45, 7) is 2.28. The molecule has 0 aliphatic carbocycles. The molecule has 0 unspecified atom stereocenters. The van der Waals surface area contributed by atoms with Gasteiger partial charge in [0.2, 0.25) is 5.88 Å². The van der Waals surface area contributed by atoms with Gasteiger partial charge in [-0.25, -0.2) is 14.1 Å². The number of hydrogen-bond acceptors (Lipinski definition) is 7. The largest absolute Gasteiger partial charge is 0.481 e. The molecule has 1 N–H and O–H groups in total. The SMILES string of the molecule is CCCC(C)(C)c1c(F)c(-c2nn(C)c(OC(F)F)c2Cl)c2sc(OC(=O)CC(=O)O)nc2c1Cl. The fraction of sp³-hybridized carbons (Fsp3) is 0.429. The normalized spacial score (nSPS) is 11.9. The molecule has 0 bridgehead atoms. The number of carboxylic acid groups (broad SMARTS) is 1. The van der Waals surface area contributed by atoms with E-state index in [9.17, 15) is 18.4 Å². The number of rotatable bonds is 9. The van der Waals surface area contributed by atoms with Crippen LogP contribution in [0.15, 0.2) is 0 Å². The van der Waals surface area contributed by atoms with Crippen molar-refractivity contribution < 1.29 is 37.3 Å². The van der Waals surface area contributed by atoms with Gasteiger partial charge in [0.05, 0.1) is 15.3 Å². The number of halogens is 5. The molecule has 0 amide bonds. The second-order valence-corrected chi connectivity index (χ2v) is 9.90. The Morgan fingerprint density at radius 2 is 1.91 bits per heavy atom. The van der Waals surface area contributed by atoms with Gasteiger partial charge < -0.3 is 14.6 Å². The molecule has 3 rings (SSSR count). The lowest BCUT2D eigenvalue weighted by molar-refractivity contribution is -0.145. The molecule has 190 valence electrons. The number of benzene rings is 1. The third-order valence-electron chi connectivity index (χ3n) is 5.13. The first-order valence-electron chi connectivity index (χ1n) is 10.2. The molecule has 0 spiro atoms. The average molecular weight is 554 g/mol. The van der Waals surface area contributed by atoms with Crippen LogP contribution in [-0.2, 0) is 22.1 Å². The highest BCUT2D eigenvalue weighted by molar-refractivity contribution is 7.21. The molecule has 1 aromatic carbocycles. The maximum atomic E-state index is 16.2. The van der Waals surface area contributed by atoms with Crippen molar-refractivity contribution in [1.82, 2.24) is 14.8 Å². The van der Waals surface area contributed by atoms with Crippen molar-refractivity contribution in [3.63, 3.8) is 0 Å². The zero-order chi connectivity index (χ0) is 26.2. The van der Waals surface area contributed by atoms with Gasteiger partial charge in [-0.2, -0.15) is 13.9 Å². The van der Waals surface area contributed by atoms with E-state index >= 15 is 4.39 Å². The minimum absolute atomic E-state index is 0.0346. The fourth-order valence-electron chi connectivity index (χ4n) is 3.77. The Bertz CT molecular complexity index is 1310. The van der Waals surface area contributed by atoms with E-state index in [0.717, 1.165) is 4.68 Å². The molecular weight excluding hydrogens is 534 g/mol. The number of fused-ring (bicyclic) bond motifs is 1. The summed E-state index contributed by atoms with van der Waals surface area (Å²) in [5, 5.41) is 12.2. The topological polar surface area (TPSA) is 104 Å². The van der Waals surface area contributed by atoms with Crippen LogP contribution in [0.3, 0.4) is 0 Å². The van der Waals surface area contributed by atoms with Gasteiger partial charge in [-0.3, -0.25) is 9.59 Å². The van der Waals surface area contributed by atoms with Gasteiger partial charge in [-0.05, 0) is 11.8 Å². The first-order chi connectivity index (χ1) is 16.3. The summed E-state index contributed by atoms with van der Waals surface area (Å²) < 4.78 is 52.4. The van der Waals surface area contributed by atoms with Gasteiger partial charge in [-0.15, -0.1) is 0 Å². The second-order valence-electron chi connectivity index (χ2n) is 8.18. The number of alkyl halides is 2. The van der Waals surface area contributed by atoms with Crippen LogP contribution in [-0.4, -0.2) is 38.4 Å². The number of ether oxygens (including phenoxy) is 2. The number of aryl methyl sites for hydroxylation is 1. The van der Waals surface area contributed by atoms with Crippen LogP contribution in [0.5, 0.6) is 11.1 Å². The molecule has 0 saturated heterocycles. The average Bonchev–Trinajstić information content (AvgIpc) is 3.23. The van der Waals surface area contributed by atoms with E-state index < -0.39 is 42.1 Å². The van der Waals surface area contributed by atoms with E-state index in [1.807, 2.05) is 6.92 Å². The Kier molecular flexibility index (Phi) is 7.87. The maximum Gasteiger partial charge on any atom is 0.388 e. The number of esters is 1. The number of carbonyl (C=O) groups excluding carboxylic acids is 1. The Labute approximate surface area is 211 Å². The molecule has 0 radical (unpaired) electrons. The summed E-state index contributed by atoms with van der Waals surface area (Å²) in [5.41, 5.74) is -1.03. The predicted octanol–water partition coefficient (Wildman–Crippen LogP) is 6.20. The summed E-state index contributed by atoms with van der Waals surface area (Å²) in [6, 6.07) is 0. The highest BCUT2D eigenvalue weighted by atomic mass is 35.5. The summed E-state index contributed by atoms with van der Waals surface area (Å²) in [4.78, 5) is 26.8. The van der Waals surface area contributed by atoms with E-state index in [1.165, 1.54) is 7.05 Å². The van der Waals surface area contributed by atoms with Crippen molar-refractivity contribution in [3.8, 4) is 22.3 Å². The molecule has 14 heteroatoms. The highest BCUT2D eigenvalue weighted by Crippen LogP contribution is 2.49. The van der Waals surface area contributed by atoms with Crippen LogP contribution in [0.2, 0.25) is 10.0 Å². The fourth-order valence-corrected chi connectivity index (χ4v) is 5.58. The number of aromatic nitrogens is 3. The van der Waals surface area contributed by atoms with Crippen LogP contribution in [0, 0.1) is 5.82 Å². The summed E-state index contributed by atoms with van der Waals surface area (Å²) in [7, 11) is 1.30. The molecular formula is C21H20Cl2F3N3O5S. The van der Waals surface area contributed by atoms with Crippen molar-refractivity contribution >= 4 is 56.7 Å². The highest BCUT2D eigenvalue weighted by Gasteiger charge is 2.35. The number of aliphatic carboxylic acids is 1. The minimum atomic E-state index is -3.20. The van der Waals surface area contributed by atoms with E-state index in [0.29, 0.717) is 24.2 Å². The molecule has 2 aromatic heterocycles.